The first-order chi connectivity index (χ1) is 10.9. The fourth-order valence-electron chi connectivity index (χ4n) is 3.73. The fourth-order valence-corrected chi connectivity index (χ4v) is 3.73. The van der Waals surface area contributed by atoms with Crippen LogP contribution in [0.1, 0.15) is 45.1 Å². The van der Waals surface area contributed by atoms with Gasteiger partial charge in [-0.1, -0.05) is 0 Å². The highest BCUT2D eigenvalue weighted by atomic mass is 16.2. The number of aromatic nitrogens is 2. The molecule has 0 unspecified atom stereocenters. The van der Waals surface area contributed by atoms with Crippen LogP contribution in [-0.4, -0.2) is 44.6 Å². The number of amides is 2. The summed E-state index contributed by atoms with van der Waals surface area (Å²) >= 11 is 0. The third kappa shape index (κ3) is 3.26. The van der Waals surface area contributed by atoms with Crippen LogP contribution >= 0.6 is 0 Å². The lowest BCUT2D eigenvalue weighted by molar-refractivity contribution is -0.142. The van der Waals surface area contributed by atoms with Gasteiger partial charge in [-0.3, -0.25) is 14.3 Å². The number of hydrogen-bond acceptors (Lipinski definition) is 3. The molecule has 23 heavy (non-hydrogen) atoms. The lowest BCUT2D eigenvalue weighted by Gasteiger charge is -2.36. The molecule has 6 nitrogen and oxygen atoms in total. The van der Waals surface area contributed by atoms with Gasteiger partial charge in [-0.2, -0.15) is 5.10 Å². The van der Waals surface area contributed by atoms with Crippen LogP contribution in [0, 0.1) is 12.8 Å². The van der Waals surface area contributed by atoms with Crippen LogP contribution in [0.25, 0.3) is 0 Å². The van der Waals surface area contributed by atoms with Crippen molar-refractivity contribution in [1.82, 2.24) is 20.0 Å². The Morgan fingerprint density at radius 2 is 2.13 bits per heavy atom. The highest BCUT2D eigenvalue weighted by molar-refractivity contribution is 5.91. The molecule has 0 bridgehead atoms. The minimum absolute atomic E-state index is 0.0709. The van der Waals surface area contributed by atoms with E-state index in [0.717, 1.165) is 44.3 Å². The van der Waals surface area contributed by atoms with Gasteiger partial charge in [0.1, 0.15) is 5.54 Å². The van der Waals surface area contributed by atoms with Crippen molar-refractivity contribution in [3.05, 3.63) is 18.0 Å². The first-order valence-electron chi connectivity index (χ1n) is 8.49. The van der Waals surface area contributed by atoms with E-state index in [0.29, 0.717) is 0 Å². The average molecular weight is 318 g/mol. The molecule has 1 aliphatic carbocycles. The maximum atomic E-state index is 13.2. The standard InChI is InChI=1S/C17H26N4O2/c1-12-9-18-20(10-12)11-15-5-4-8-21(15)16(23)17(3,14-6-7-14)19-13(2)22/h9-10,14-15H,4-8,11H2,1-3H3,(H,19,22)/t15-,17-/m0/s1. The van der Waals surface area contributed by atoms with Crippen molar-refractivity contribution in [2.24, 2.45) is 5.92 Å². The van der Waals surface area contributed by atoms with Gasteiger partial charge < -0.3 is 10.2 Å². The van der Waals surface area contributed by atoms with Crippen molar-refractivity contribution in [3.8, 4) is 0 Å². The number of carbonyl (C=O) groups is 2. The maximum Gasteiger partial charge on any atom is 0.248 e. The minimum atomic E-state index is -0.755. The molecule has 0 radical (unpaired) electrons. The number of hydrogen-bond donors (Lipinski definition) is 1. The second-order valence-corrected chi connectivity index (χ2v) is 7.19. The summed E-state index contributed by atoms with van der Waals surface area (Å²) in [5.41, 5.74) is 0.371. The summed E-state index contributed by atoms with van der Waals surface area (Å²) in [6.45, 7) is 6.89. The number of nitrogens with zero attached hydrogens (tertiary/aromatic N) is 3. The number of nitrogens with one attached hydrogen (secondary N) is 1. The SMILES string of the molecule is CC(=O)N[C@](C)(C(=O)N1CCC[C@H]1Cn1cc(C)cn1)C1CC1. The summed E-state index contributed by atoms with van der Waals surface area (Å²) in [5, 5.41) is 7.27. The number of likely N-dealkylation sites (tertiary alicyclic amines) is 1. The van der Waals surface area contributed by atoms with Crippen LogP contribution in [-0.2, 0) is 16.1 Å². The van der Waals surface area contributed by atoms with Crippen molar-refractivity contribution in [2.75, 3.05) is 6.54 Å². The van der Waals surface area contributed by atoms with E-state index in [-0.39, 0.29) is 23.8 Å². The van der Waals surface area contributed by atoms with E-state index in [9.17, 15) is 9.59 Å². The monoisotopic (exact) mass is 318 g/mol. The van der Waals surface area contributed by atoms with Gasteiger partial charge in [0.05, 0.1) is 18.8 Å². The molecule has 3 rings (SSSR count). The lowest BCUT2D eigenvalue weighted by atomic mass is 9.93. The minimum Gasteiger partial charge on any atom is -0.342 e. The van der Waals surface area contributed by atoms with Crippen molar-refractivity contribution < 1.29 is 9.59 Å². The zero-order valence-electron chi connectivity index (χ0n) is 14.2. The molecule has 2 aliphatic rings. The summed E-state index contributed by atoms with van der Waals surface area (Å²) < 4.78 is 1.92. The van der Waals surface area contributed by atoms with Gasteiger partial charge in [-0.25, -0.2) is 0 Å². The van der Waals surface area contributed by atoms with Gasteiger partial charge in [0.2, 0.25) is 11.8 Å². The Kier molecular flexibility index (Phi) is 4.17. The van der Waals surface area contributed by atoms with Gasteiger partial charge in [0.15, 0.2) is 0 Å². The first-order valence-corrected chi connectivity index (χ1v) is 8.49. The third-order valence-electron chi connectivity index (χ3n) is 5.07. The van der Waals surface area contributed by atoms with Crippen LogP contribution in [0.3, 0.4) is 0 Å². The van der Waals surface area contributed by atoms with E-state index in [1.807, 2.05) is 35.8 Å². The van der Waals surface area contributed by atoms with Crippen molar-refractivity contribution in [2.45, 2.75) is 64.6 Å². The second-order valence-electron chi connectivity index (χ2n) is 7.19. The molecule has 2 fully saturated rings. The Morgan fingerprint density at radius 1 is 1.39 bits per heavy atom. The Morgan fingerprint density at radius 3 is 2.70 bits per heavy atom. The quantitative estimate of drug-likeness (QED) is 0.894. The molecule has 2 amide bonds. The zero-order valence-corrected chi connectivity index (χ0v) is 14.2. The molecule has 2 atom stereocenters. The van der Waals surface area contributed by atoms with Crippen molar-refractivity contribution in [1.29, 1.82) is 0 Å². The van der Waals surface area contributed by atoms with Crippen molar-refractivity contribution >= 4 is 11.8 Å². The van der Waals surface area contributed by atoms with E-state index in [1.165, 1.54) is 6.92 Å². The van der Waals surface area contributed by atoms with Gasteiger partial charge in [0.25, 0.3) is 0 Å². The molecule has 126 valence electrons. The number of aryl methyl sites for hydroxylation is 1. The molecule has 6 heteroatoms. The maximum absolute atomic E-state index is 13.2. The molecule has 1 saturated carbocycles. The summed E-state index contributed by atoms with van der Waals surface area (Å²) in [7, 11) is 0. The highest BCUT2D eigenvalue weighted by Gasteiger charge is 2.51. The lowest BCUT2D eigenvalue weighted by Crippen LogP contribution is -2.60. The van der Waals surface area contributed by atoms with E-state index in [4.69, 9.17) is 0 Å². The predicted molar refractivity (Wildman–Crippen MR) is 86.6 cm³/mol. The Bertz CT molecular complexity index is 607. The Hall–Kier alpha value is -1.85. The van der Waals surface area contributed by atoms with Gasteiger partial charge in [0, 0.05) is 19.7 Å². The largest absolute Gasteiger partial charge is 0.342 e. The summed E-state index contributed by atoms with van der Waals surface area (Å²) in [4.78, 5) is 26.7. The summed E-state index contributed by atoms with van der Waals surface area (Å²) in [6, 6.07) is 0.161. The zero-order chi connectivity index (χ0) is 16.6. The smallest absolute Gasteiger partial charge is 0.248 e. The normalized spacial score (nSPS) is 23.6. The van der Waals surface area contributed by atoms with Crippen LogP contribution in [0.4, 0.5) is 0 Å². The van der Waals surface area contributed by atoms with Gasteiger partial charge in [-0.15, -0.1) is 0 Å². The highest BCUT2D eigenvalue weighted by Crippen LogP contribution is 2.41. The summed E-state index contributed by atoms with van der Waals surface area (Å²) in [5.74, 6) is 0.208. The van der Waals surface area contributed by atoms with Gasteiger partial charge >= 0.3 is 0 Å². The molecule has 0 spiro atoms. The molecule has 1 saturated heterocycles. The van der Waals surface area contributed by atoms with Crippen LogP contribution in [0.15, 0.2) is 12.4 Å². The van der Waals surface area contributed by atoms with Crippen LogP contribution in [0.5, 0.6) is 0 Å². The fraction of sp³-hybridized carbons (Fsp3) is 0.706. The summed E-state index contributed by atoms with van der Waals surface area (Å²) in [6.07, 6.45) is 7.88. The number of carbonyl (C=O) groups excluding carboxylic acids is 2. The molecule has 1 aliphatic heterocycles. The Balaban J connectivity index is 1.75. The molecule has 0 aromatic carbocycles. The van der Waals surface area contributed by atoms with Crippen LogP contribution < -0.4 is 5.32 Å². The van der Waals surface area contributed by atoms with Crippen molar-refractivity contribution in [3.63, 3.8) is 0 Å². The van der Waals surface area contributed by atoms with E-state index >= 15 is 0 Å². The first kappa shape index (κ1) is 16.0. The number of rotatable bonds is 5. The molecule has 1 N–H and O–H groups in total. The second kappa shape index (κ2) is 5.98. The van der Waals surface area contributed by atoms with E-state index in [2.05, 4.69) is 10.4 Å². The Labute approximate surface area is 137 Å². The van der Waals surface area contributed by atoms with Gasteiger partial charge in [-0.05, 0) is 51.0 Å². The van der Waals surface area contributed by atoms with Crippen LogP contribution in [0.2, 0.25) is 0 Å². The molecular weight excluding hydrogens is 292 g/mol. The average Bonchev–Trinajstić information content (AvgIpc) is 3.13. The third-order valence-corrected chi connectivity index (χ3v) is 5.07. The molecular formula is C17H26N4O2. The molecule has 1 aromatic heterocycles. The topological polar surface area (TPSA) is 67.2 Å². The van der Waals surface area contributed by atoms with E-state index < -0.39 is 5.54 Å². The predicted octanol–water partition coefficient (Wildman–Crippen LogP) is 1.49. The van der Waals surface area contributed by atoms with E-state index in [1.54, 1.807) is 0 Å². The molecule has 1 aromatic rings. The molecule has 2 heterocycles.